The SMILES string of the molecule is Fc1cccc(Cl)c1/C=N/NC(=S)NC12CC3CC(CC(C3)C1)C2. The third-order valence-corrected chi connectivity index (χ3v) is 6.30. The molecule has 1 aromatic carbocycles. The summed E-state index contributed by atoms with van der Waals surface area (Å²) in [6, 6.07) is 4.57. The van der Waals surface area contributed by atoms with Gasteiger partial charge in [0.1, 0.15) is 5.82 Å². The first kappa shape index (κ1) is 16.3. The van der Waals surface area contributed by atoms with E-state index in [1.165, 1.54) is 50.8 Å². The summed E-state index contributed by atoms with van der Waals surface area (Å²) in [5.41, 5.74) is 3.24. The Morgan fingerprint density at radius 3 is 2.42 bits per heavy atom. The van der Waals surface area contributed by atoms with Crippen molar-refractivity contribution in [3.05, 3.63) is 34.6 Å². The maximum Gasteiger partial charge on any atom is 0.187 e. The largest absolute Gasteiger partial charge is 0.356 e. The molecule has 4 bridgehead atoms. The summed E-state index contributed by atoms with van der Waals surface area (Å²) in [7, 11) is 0. The number of thiocarbonyl (C=S) groups is 1. The third-order valence-electron chi connectivity index (χ3n) is 5.78. The highest BCUT2D eigenvalue weighted by atomic mass is 35.5. The second-order valence-corrected chi connectivity index (χ2v) is 8.47. The monoisotopic (exact) mass is 365 g/mol. The summed E-state index contributed by atoms with van der Waals surface area (Å²) >= 11 is 11.4. The minimum absolute atomic E-state index is 0.143. The van der Waals surface area contributed by atoms with E-state index in [1.54, 1.807) is 12.1 Å². The smallest absolute Gasteiger partial charge is 0.187 e. The highest BCUT2D eigenvalue weighted by Crippen LogP contribution is 2.55. The van der Waals surface area contributed by atoms with Gasteiger partial charge < -0.3 is 5.32 Å². The number of nitrogens with zero attached hydrogens (tertiary/aromatic N) is 1. The van der Waals surface area contributed by atoms with E-state index in [0.717, 1.165) is 17.8 Å². The van der Waals surface area contributed by atoms with Crippen LogP contribution >= 0.6 is 23.8 Å². The van der Waals surface area contributed by atoms with Gasteiger partial charge in [0.15, 0.2) is 5.11 Å². The van der Waals surface area contributed by atoms with Crippen molar-refractivity contribution in [2.75, 3.05) is 0 Å². The van der Waals surface area contributed by atoms with Crippen molar-refractivity contribution in [2.24, 2.45) is 22.9 Å². The van der Waals surface area contributed by atoms with Gasteiger partial charge in [-0.2, -0.15) is 5.10 Å². The second-order valence-electron chi connectivity index (χ2n) is 7.66. The van der Waals surface area contributed by atoms with Crippen LogP contribution in [0.25, 0.3) is 0 Å². The number of rotatable bonds is 3. The lowest BCUT2D eigenvalue weighted by molar-refractivity contribution is -0.0101. The molecule has 1 aromatic rings. The average Bonchev–Trinajstić information content (AvgIpc) is 2.48. The van der Waals surface area contributed by atoms with Crippen molar-refractivity contribution in [2.45, 2.75) is 44.1 Å². The Kier molecular flexibility index (Phi) is 4.25. The summed E-state index contributed by atoms with van der Waals surface area (Å²) in [5, 5.41) is 8.43. The van der Waals surface area contributed by atoms with Crippen molar-refractivity contribution >= 4 is 35.1 Å². The summed E-state index contributed by atoms with van der Waals surface area (Å²) in [4.78, 5) is 0. The molecule has 0 saturated heterocycles. The van der Waals surface area contributed by atoms with E-state index in [1.807, 2.05) is 0 Å². The fraction of sp³-hybridized carbons (Fsp3) is 0.556. The molecular weight excluding hydrogens is 345 g/mol. The molecule has 4 aliphatic carbocycles. The van der Waals surface area contributed by atoms with Crippen LogP contribution in [-0.4, -0.2) is 16.9 Å². The molecule has 0 heterocycles. The molecule has 0 spiro atoms. The molecule has 0 radical (unpaired) electrons. The Hall–Kier alpha value is -1.20. The van der Waals surface area contributed by atoms with Gasteiger partial charge >= 0.3 is 0 Å². The van der Waals surface area contributed by atoms with Crippen LogP contribution in [0, 0.1) is 23.6 Å². The number of nitrogens with one attached hydrogen (secondary N) is 2. The van der Waals surface area contributed by atoms with Gasteiger partial charge in [-0.05, 0) is 80.6 Å². The minimum Gasteiger partial charge on any atom is -0.356 e. The summed E-state index contributed by atoms with van der Waals surface area (Å²) in [5.74, 6) is 2.17. The first-order valence-electron chi connectivity index (χ1n) is 8.58. The van der Waals surface area contributed by atoms with Crippen molar-refractivity contribution in [1.29, 1.82) is 0 Å². The van der Waals surface area contributed by atoms with Crippen molar-refractivity contribution in [3.63, 3.8) is 0 Å². The van der Waals surface area contributed by atoms with Gasteiger partial charge in [0.25, 0.3) is 0 Å². The summed E-state index contributed by atoms with van der Waals surface area (Å²) in [6.07, 6.45) is 9.20. The zero-order valence-corrected chi connectivity index (χ0v) is 15.0. The number of hydrazone groups is 1. The van der Waals surface area contributed by atoms with E-state index in [9.17, 15) is 4.39 Å². The number of halogens is 2. The van der Waals surface area contributed by atoms with Crippen LogP contribution in [0.15, 0.2) is 23.3 Å². The Labute approximate surface area is 152 Å². The van der Waals surface area contributed by atoms with Crippen molar-refractivity contribution in [1.82, 2.24) is 10.7 Å². The van der Waals surface area contributed by atoms with Crippen LogP contribution in [0.3, 0.4) is 0 Å². The molecule has 5 rings (SSSR count). The van der Waals surface area contributed by atoms with E-state index >= 15 is 0 Å². The highest BCUT2D eigenvalue weighted by Gasteiger charge is 2.51. The maximum absolute atomic E-state index is 13.7. The van der Waals surface area contributed by atoms with Gasteiger partial charge in [0.05, 0.1) is 11.2 Å². The molecular formula is C18H21ClFN3S. The van der Waals surface area contributed by atoms with Crippen LogP contribution in [0.1, 0.15) is 44.1 Å². The van der Waals surface area contributed by atoms with E-state index in [0.29, 0.717) is 10.1 Å². The van der Waals surface area contributed by atoms with Gasteiger partial charge in [-0.15, -0.1) is 0 Å². The van der Waals surface area contributed by atoms with Crippen LogP contribution in [0.4, 0.5) is 4.39 Å². The molecule has 0 atom stereocenters. The van der Waals surface area contributed by atoms with Gasteiger partial charge in [-0.25, -0.2) is 4.39 Å². The Balaban J connectivity index is 1.38. The molecule has 6 heteroatoms. The van der Waals surface area contributed by atoms with Gasteiger partial charge in [0, 0.05) is 11.1 Å². The Bertz CT molecular complexity index is 635. The Morgan fingerprint density at radius 1 is 1.21 bits per heavy atom. The van der Waals surface area contributed by atoms with E-state index in [-0.39, 0.29) is 11.1 Å². The summed E-state index contributed by atoms with van der Waals surface area (Å²) in [6.45, 7) is 0. The molecule has 4 fully saturated rings. The Morgan fingerprint density at radius 2 is 1.83 bits per heavy atom. The lowest BCUT2D eigenvalue weighted by atomic mass is 9.53. The van der Waals surface area contributed by atoms with Crippen LogP contribution in [0.5, 0.6) is 0 Å². The lowest BCUT2D eigenvalue weighted by Crippen LogP contribution is -2.61. The first-order valence-corrected chi connectivity index (χ1v) is 9.37. The number of hydrogen-bond donors (Lipinski definition) is 2. The molecule has 2 N–H and O–H groups in total. The van der Waals surface area contributed by atoms with E-state index in [4.69, 9.17) is 23.8 Å². The van der Waals surface area contributed by atoms with Crippen LogP contribution < -0.4 is 10.7 Å². The fourth-order valence-corrected chi connectivity index (χ4v) is 5.80. The molecule has 0 unspecified atom stereocenters. The molecule has 0 amide bonds. The second kappa shape index (κ2) is 6.26. The topological polar surface area (TPSA) is 36.4 Å². The normalized spacial score (nSPS) is 33.8. The summed E-state index contributed by atoms with van der Waals surface area (Å²) < 4.78 is 13.7. The van der Waals surface area contributed by atoms with Gasteiger partial charge in [-0.1, -0.05) is 17.7 Å². The number of hydrogen-bond acceptors (Lipinski definition) is 2. The maximum atomic E-state index is 13.7. The molecule has 0 aromatic heterocycles. The zero-order valence-electron chi connectivity index (χ0n) is 13.4. The predicted octanol–water partition coefficient (Wildman–Crippen LogP) is 4.25. The standard InChI is InChI=1S/C18H21ClFN3S/c19-15-2-1-3-16(20)14(15)10-21-23-17(24)22-18-7-11-4-12(8-18)6-13(5-11)9-18/h1-3,10-13H,4-9H2,(H2,22,23,24)/b21-10+. The molecule has 128 valence electrons. The molecule has 0 aliphatic heterocycles. The van der Waals surface area contributed by atoms with Crippen molar-refractivity contribution < 1.29 is 4.39 Å². The zero-order chi connectivity index (χ0) is 16.7. The minimum atomic E-state index is -0.395. The van der Waals surface area contributed by atoms with E-state index < -0.39 is 5.82 Å². The fourth-order valence-electron chi connectivity index (χ4n) is 5.32. The molecule has 3 nitrogen and oxygen atoms in total. The van der Waals surface area contributed by atoms with Gasteiger partial charge in [-0.3, -0.25) is 5.43 Å². The van der Waals surface area contributed by atoms with Crippen LogP contribution in [0.2, 0.25) is 5.02 Å². The van der Waals surface area contributed by atoms with E-state index in [2.05, 4.69) is 15.8 Å². The first-order chi connectivity index (χ1) is 11.5. The van der Waals surface area contributed by atoms with Crippen molar-refractivity contribution in [3.8, 4) is 0 Å². The number of benzene rings is 1. The predicted molar refractivity (Wildman–Crippen MR) is 98.8 cm³/mol. The lowest BCUT2D eigenvalue weighted by Gasteiger charge is -2.57. The molecule has 4 aliphatic rings. The highest BCUT2D eigenvalue weighted by molar-refractivity contribution is 7.80. The average molecular weight is 366 g/mol. The molecule has 4 saturated carbocycles. The quantitative estimate of drug-likeness (QED) is 0.477. The third kappa shape index (κ3) is 3.16. The van der Waals surface area contributed by atoms with Crippen LogP contribution in [-0.2, 0) is 0 Å². The van der Waals surface area contributed by atoms with Gasteiger partial charge in [0.2, 0.25) is 0 Å². The molecule has 24 heavy (non-hydrogen) atoms.